The van der Waals surface area contributed by atoms with E-state index in [1.54, 1.807) is 11.3 Å². The van der Waals surface area contributed by atoms with Crippen molar-refractivity contribution in [3.05, 3.63) is 20.8 Å². The van der Waals surface area contributed by atoms with E-state index in [1.165, 1.54) is 4.88 Å². The highest BCUT2D eigenvalue weighted by molar-refractivity contribution is 9.11. The van der Waals surface area contributed by atoms with Crippen LogP contribution in [0.2, 0.25) is 0 Å². The number of amides is 1. The average Bonchev–Trinajstić information content (AvgIpc) is 2.93. The standard InChI is InChI=1S/C16H27BrN4OS/c1-5-18-16(19-11-10-13-8-9-14(17)23-13)20(4)12-15(22)21(6-2)7-3/h8-9H,5-7,10-12H2,1-4H3,(H,18,19). The second-order valence-electron chi connectivity index (χ2n) is 5.11. The number of guanidine groups is 1. The Morgan fingerprint density at radius 1 is 1.30 bits per heavy atom. The van der Waals surface area contributed by atoms with E-state index < -0.39 is 0 Å². The van der Waals surface area contributed by atoms with E-state index in [0.29, 0.717) is 13.1 Å². The van der Waals surface area contributed by atoms with Gasteiger partial charge in [0.05, 0.1) is 10.3 Å². The van der Waals surface area contributed by atoms with Crippen molar-refractivity contribution in [3.63, 3.8) is 0 Å². The first kappa shape index (κ1) is 20.0. The van der Waals surface area contributed by atoms with Gasteiger partial charge in [0, 0.05) is 44.5 Å². The quantitative estimate of drug-likeness (QED) is 0.537. The Balaban J connectivity index is 2.60. The average molecular weight is 403 g/mol. The Bertz CT molecular complexity index is 514. The summed E-state index contributed by atoms with van der Waals surface area (Å²) in [5.74, 6) is 0.911. The topological polar surface area (TPSA) is 47.9 Å². The monoisotopic (exact) mass is 402 g/mol. The molecule has 0 bridgehead atoms. The molecule has 1 rings (SSSR count). The lowest BCUT2D eigenvalue weighted by Crippen LogP contribution is -2.45. The van der Waals surface area contributed by atoms with Gasteiger partial charge < -0.3 is 15.1 Å². The molecule has 130 valence electrons. The maximum atomic E-state index is 12.2. The van der Waals surface area contributed by atoms with Gasteiger partial charge in [0.25, 0.3) is 0 Å². The Morgan fingerprint density at radius 2 is 2.00 bits per heavy atom. The molecular weight excluding hydrogens is 376 g/mol. The smallest absolute Gasteiger partial charge is 0.242 e. The number of hydrogen-bond donors (Lipinski definition) is 1. The van der Waals surface area contributed by atoms with Crippen LogP contribution in [-0.2, 0) is 11.2 Å². The maximum Gasteiger partial charge on any atom is 0.242 e. The minimum Gasteiger partial charge on any atom is -0.357 e. The summed E-state index contributed by atoms with van der Waals surface area (Å²) in [6.45, 7) is 9.35. The molecule has 5 nitrogen and oxygen atoms in total. The van der Waals surface area contributed by atoms with Gasteiger partial charge in [0.1, 0.15) is 0 Å². The lowest BCUT2D eigenvalue weighted by molar-refractivity contribution is -0.131. The zero-order chi connectivity index (χ0) is 17.2. The van der Waals surface area contributed by atoms with Crippen LogP contribution in [0.25, 0.3) is 0 Å². The Hall–Kier alpha value is -1.08. The number of aliphatic imine (C=N–C) groups is 1. The van der Waals surface area contributed by atoms with Gasteiger partial charge in [-0.15, -0.1) is 11.3 Å². The largest absolute Gasteiger partial charge is 0.357 e. The molecule has 1 aromatic rings. The summed E-state index contributed by atoms with van der Waals surface area (Å²) in [7, 11) is 1.91. The number of likely N-dealkylation sites (N-methyl/N-ethyl adjacent to an activating group) is 2. The van der Waals surface area contributed by atoms with Crippen LogP contribution < -0.4 is 5.32 Å². The van der Waals surface area contributed by atoms with E-state index in [0.717, 1.165) is 35.8 Å². The number of nitrogens with one attached hydrogen (secondary N) is 1. The Morgan fingerprint density at radius 3 is 2.52 bits per heavy atom. The summed E-state index contributed by atoms with van der Waals surface area (Å²) in [4.78, 5) is 21.9. The van der Waals surface area contributed by atoms with E-state index in [2.05, 4.69) is 38.4 Å². The van der Waals surface area contributed by atoms with Gasteiger partial charge in [0.2, 0.25) is 5.91 Å². The zero-order valence-electron chi connectivity index (χ0n) is 14.4. The number of halogens is 1. The minimum atomic E-state index is 0.130. The number of rotatable bonds is 8. The molecule has 7 heteroatoms. The van der Waals surface area contributed by atoms with Gasteiger partial charge in [0.15, 0.2) is 5.96 Å². The number of carbonyl (C=O) groups is 1. The summed E-state index contributed by atoms with van der Waals surface area (Å²) in [5, 5.41) is 3.25. The van der Waals surface area contributed by atoms with Crippen LogP contribution in [0, 0.1) is 0 Å². The summed E-state index contributed by atoms with van der Waals surface area (Å²) < 4.78 is 1.14. The zero-order valence-corrected chi connectivity index (χ0v) is 16.8. The lowest BCUT2D eigenvalue weighted by Gasteiger charge is -2.25. The second-order valence-corrected chi connectivity index (χ2v) is 7.66. The third-order valence-corrected chi connectivity index (χ3v) is 5.12. The molecule has 0 aliphatic carbocycles. The fourth-order valence-corrected chi connectivity index (χ4v) is 3.65. The number of carbonyl (C=O) groups excluding carboxylic acids is 1. The molecule has 0 radical (unpaired) electrons. The van der Waals surface area contributed by atoms with Crippen molar-refractivity contribution in [1.82, 2.24) is 15.1 Å². The first-order chi connectivity index (χ1) is 11.0. The SMILES string of the molecule is CCNC(=NCCc1ccc(Br)s1)N(C)CC(=O)N(CC)CC. The molecule has 1 amide bonds. The van der Waals surface area contributed by atoms with E-state index in [9.17, 15) is 4.79 Å². The molecule has 0 atom stereocenters. The van der Waals surface area contributed by atoms with Crippen LogP contribution in [-0.4, -0.2) is 61.4 Å². The third kappa shape index (κ3) is 6.91. The first-order valence-corrected chi connectivity index (χ1v) is 9.64. The van der Waals surface area contributed by atoms with Gasteiger partial charge in [-0.1, -0.05) is 0 Å². The first-order valence-electron chi connectivity index (χ1n) is 8.03. The normalized spacial score (nSPS) is 11.4. The van der Waals surface area contributed by atoms with Crippen LogP contribution in [0.1, 0.15) is 25.6 Å². The van der Waals surface area contributed by atoms with E-state index in [-0.39, 0.29) is 5.91 Å². The molecule has 0 aliphatic rings. The highest BCUT2D eigenvalue weighted by atomic mass is 79.9. The van der Waals surface area contributed by atoms with Crippen molar-refractivity contribution < 1.29 is 4.79 Å². The molecule has 0 fully saturated rings. The fourth-order valence-electron chi connectivity index (χ4n) is 2.18. The lowest BCUT2D eigenvalue weighted by atomic mass is 10.3. The molecule has 0 aromatic carbocycles. The molecule has 0 unspecified atom stereocenters. The number of nitrogens with zero attached hydrogens (tertiary/aromatic N) is 3. The predicted octanol–water partition coefficient (Wildman–Crippen LogP) is 2.82. The molecule has 0 aliphatic heterocycles. The molecule has 1 N–H and O–H groups in total. The molecule has 0 spiro atoms. The molecular formula is C16H27BrN4OS. The molecule has 1 heterocycles. The highest BCUT2D eigenvalue weighted by Crippen LogP contribution is 2.22. The van der Waals surface area contributed by atoms with Crippen molar-refractivity contribution in [2.24, 2.45) is 4.99 Å². The van der Waals surface area contributed by atoms with Crippen LogP contribution in [0.3, 0.4) is 0 Å². The second kappa shape index (κ2) is 10.6. The van der Waals surface area contributed by atoms with E-state index in [1.807, 2.05) is 37.6 Å². The van der Waals surface area contributed by atoms with Crippen LogP contribution >= 0.6 is 27.3 Å². The van der Waals surface area contributed by atoms with Gasteiger partial charge in [-0.25, -0.2) is 0 Å². The molecule has 1 aromatic heterocycles. The maximum absolute atomic E-state index is 12.2. The minimum absolute atomic E-state index is 0.130. The predicted molar refractivity (Wildman–Crippen MR) is 102 cm³/mol. The Labute approximate surface area is 151 Å². The van der Waals surface area contributed by atoms with Crippen molar-refractivity contribution >= 4 is 39.1 Å². The summed E-state index contributed by atoms with van der Waals surface area (Å²) in [6.07, 6.45) is 0.906. The number of hydrogen-bond acceptors (Lipinski definition) is 3. The summed E-state index contributed by atoms with van der Waals surface area (Å²) >= 11 is 5.21. The molecule has 0 saturated heterocycles. The number of thiophene rings is 1. The van der Waals surface area contributed by atoms with Crippen molar-refractivity contribution in [2.45, 2.75) is 27.2 Å². The summed E-state index contributed by atoms with van der Waals surface area (Å²) in [6, 6.07) is 4.18. The summed E-state index contributed by atoms with van der Waals surface area (Å²) in [5.41, 5.74) is 0. The van der Waals surface area contributed by atoms with Crippen molar-refractivity contribution in [1.29, 1.82) is 0 Å². The van der Waals surface area contributed by atoms with Gasteiger partial charge in [-0.05, 0) is 48.8 Å². The Kier molecular flexibility index (Phi) is 9.24. The van der Waals surface area contributed by atoms with E-state index >= 15 is 0 Å². The van der Waals surface area contributed by atoms with Gasteiger partial charge >= 0.3 is 0 Å². The van der Waals surface area contributed by atoms with Gasteiger partial charge in [-0.2, -0.15) is 0 Å². The van der Waals surface area contributed by atoms with Crippen molar-refractivity contribution in [3.8, 4) is 0 Å². The van der Waals surface area contributed by atoms with Crippen LogP contribution in [0.5, 0.6) is 0 Å². The molecule has 0 saturated carbocycles. The van der Waals surface area contributed by atoms with Crippen molar-refractivity contribution in [2.75, 3.05) is 39.8 Å². The molecule has 23 heavy (non-hydrogen) atoms. The van der Waals surface area contributed by atoms with Crippen LogP contribution in [0.15, 0.2) is 20.9 Å². The highest BCUT2D eigenvalue weighted by Gasteiger charge is 2.14. The van der Waals surface area contributed by atoms with E-state index in [4.69, 9.17) is 0 Å². The fraction of sp³-hybridized carbons (Fsp3) is 0.625. The van der Waals surface area contributed by atoms with Crippen LogP contribution in [0.4, 0.5) is 0 Å². The van der Waals surface area contributed by atoms with Gasteiger partial charge in [-0.3, -0.25) is 9.79 Å². The third-order valence-electron chi connectivity index (χ3n) is 3.43.